The fraction of sp³-hybridized carbons (Fsp3) is 0.200. The summed E-state index contributed by atoms with van der Waals surface area (Å²) in [6.45, 7) is 0. The Kier molecular flexibility index (Phi) is 3.90. The van der Waals surface area contributed by atoms with Gasteiger partial charge in [-0.15, -0.1) is 0 Å². The topological polar surface area (TPSA) is 78.6 Å². The van der Waals surface area contributed by atoms with Gasteiger partial charge in [-0.25, -0.2) is 4.79 Å². The summed E-state index contributed by atoms with van der Waals surface area (Å²) in [7, 11) is 1.16. The highest BCUT2D eigenvalue weighted by Gasteiger charge is 2.05. The van der Waals surface area contributed by atoms with Crippen molar-refractivity contribution in [3.8, 4) is 0 Å². The summed E-state index contributed by atoms with van der Waals surface area (Å²) >= 11 is 0. The Labute approximate surface area is 57.3 Å². The molecule has 0 atom stereocenters. The zero-order valence-corrected chi connectivity index (χ0v) is 5.37. The van der Waals surface area contributed by atoms with Gasteiger partial charge in [0, 0.05) is 6.08 Å². The molecule has 2 N–H and O–H groups in total. The van der Waals surface area contributed by atoms with E-state index in [1.165, 1.54) is 0 Å². The Bertz CT molecular complexity index is 163. The van der Waals surface area contributed by atoms with Crippen molar-refractivity contribution in [2.75, 3.05) is 7.11 Å². The van der Waals surface area contributed by atoms with Crippen molar-refractivity contribution < 1.29 is 19.4 Å². The molecule has 0 rings (SSSR count). The second-order valence-corrected chi connectivity index (χ2v) is 1.30. The quantitative estimate of drug-likeness (QED) is 0.242. The van der Waals surface area contributed by atoms with Gasteiger partial charge in [0.25, 0.3) is 0 Å². The van der Waals surface area contributed by atoms with Gasteiger partial charge in [0.05, 0.1) is 7.11 Å². The molecule has 0 aromatic rings. The van der Waals surface area contributed by atoms with Gasteiger partial charge in [0.1, 0.15) is 12.0 Å². The molecule has 0 saturated carbocycles. The summed E-state index contributed by atoms with van der Waals surface area (Å²) in [4.78, 5) is 28.1. The van der Waals surface area contributed by atoms with Crippen molar-refractivity contribution in [1.29, 1.82) is 0 Å². The van der Waals surface area contributed by atoms with Crippen molar-refractivity contribution in [2.45, 2.75) is 0 Å². The number of hydrogen-bond acceptors (Lipinski definition) is 5. The first-order chi connectivity index (χ1) is 4.72. The van der Waals surface area contributed by atoms with Gasteiger partial charge in [-0.3, -0.25) is 9.68 Å². The van der Waals surface area contributed by atoms with Crippen LogP contribution in [0.2, 0.25) is 0 Å². The number of allylic oxidation sites excluding steroid dienone is 1. The molecule has 5 nitrogen and oxygen atoms in total. The second-order valence-electron chi connectivity index (χ2n) is 1.30. The molecule has 0 spiro atoms. The van der Waals surface area contributed by atoms with Gasteiger partial charge in [0.15, 0.2) is 0 Å². The van der Waals surface area contributed by atoms with Gasteiger partial charge in [-0.2, -0.15) is 4.89 Å². The van der Waals surface area contributed by atoms with Crippen LogP contribution in [0, 0.1) is 0 Å². The molecule has 0 fully saturated rings. The minimum absolute atomic E-state index is 0.295. The maximum atomic E-state index is 10.4. The highest BCUT2D eigenvalue weighted by molar-refractivity contribution is 5.91. The summed E-state index contributed by atoms with van der Waals surface area (Å²) in [6.07, 6.45) is 1.26. The molecule has 0 amide bonds. The molecule has 56 valence electrons. The molecule has 0 saturated heterocycles. The molecule has 0 unspecified atom stereocenters. The smallest absolute Gasteiger partial charge is 0.388 e. The fourth-order valence-electron chi connectivity index (χ4n) is 0.265. The van der Waals surface area contributed by atoms with Crippen LogP contribution in [0.4, 0.5) is 0 Å². The summed E-state index contributed by atoms with van der Waals surface area (Å²) < 4.78 is 0. The number of carbonyl (C=O) groups excluding carboxylic acids is 2. The average Bonchev–Trinajstić information content (AvgIpc) is 1.89. The summed E-state index contributed by atoms with van der Waals surface area (Å²) in [5.41, 5.74) is 4.69. The lowest BCUT2D eigenvalue weighted by molar-refractivity contribution is -0.250. The zero-order chi connectivity index (χ0) is 7.98. The van der Waals surface area contributed by atoms with Crippen LogP contribution in [0.25, 0.3) is 0 Å². The van der Waals surface area contributed by atoms with E-state index in [0.29, 0.717) is 6.29 Å². The van der Waals surface area contributed by atoms with Crippen molar-refractivity contribution in [2.24, 2.45) is 5.73 Å². The third-order valence-corrected chi connectivity index (χ3v) is 0.642. The molecule has 0 bridgehead atoms. The van der Waals surface area contributed by atoms with E-state index in [1.807, 2.05) is 0 Å². The third-order valence-electron chi connectivity index (χ3n) is 0.642. The molecule has 0 aliphatic heterocycles. The van der Waals surface area contributed by atoms with Crippen molar-refractivity contribution in [1.82, 2.24) is 0 Å². The van der Waals surface area contributed by atoms with Gasteiger partial charge >= 0.3 is 5.97 Å². The van der Waals surface area contributed by atoms with E-state index in [-0.39, 0.29) is 5.70 Å². The highest BCUT2D eigenvalue weighted by atomic mass is 17.2. The zero-order valence-electron chi connectivity index (χ0n) is 5.37. The van der Waals surface area contributed by atoms with E-state index in [0.717, 1.165) is 13.2 Å². The Balaban J connectivity index is 3.93. The van der Waals surface area contributed by atoms with Crippen molar-refractivity contribution in [3.05, 3.63) is 11.8 Å². The molecule has 0 radical (unpaired) electrons. The molecule has 0 aromatic carbocycles. The minimum atomic E-state index is -0.880. The number of nitrogens with two attached hydrogens (primary N) is 1. The predicted octanol–water partition coefficient (Wildman–Crippen LogP) is -0.868. The fourth-order valence-corrected chi connectivity index (χ4v) is 0.265. The molecule has 10 heavy (non-hydrogen) atoms. The van der Waals surface area contributed by atoms with Crippen molar-refractivity contribution in [3.63, 3.8) is 0 Å². The maximum absolute atomic E-state index is 10.4. The molecule has 0 heterocycles. The van der Waals surface area contributed by atoms with E-state index in [1.54, 1.807) is 0 Å². The van der Waals surface area contributed by atoms with Crippen LogP contribution in [0.5, 0.6) is 0 Å². The lowest BCUT2D eigenvalue weighted by Gasteiger charge is -1.96. The number of hydrogen-bond donors (Lipinski definition) is 1. The van der Waals surface area contributed by atoms with Crippen LogP contribution in [-0.4, -0.2) is 19.4 Å². The Morgan fingerprint density at radius 1 is 1.60 bits per heavy atom. The van der Waals surface area contributed by atoms with Gasteiger partial charge in [-0.1, -0.05) is 0 Å². The highest BCUT2D eigenvalue weighted by Crippen LogP contribution is 1.86. The van der Waals surface area contributed by atoms with Crippen LogP contribution < -0.4 is 5.73 Å². The normalized spacial score (nSPS) is 10.7. The number of aldehydes is 1. The lowest BCUT2D eigenvalue weighted by Crippen LogP contribution is -2.14. The largest absolute Gasteiger partial charge is 0.393 e. The molecule has 5 heteroatoms. The van der Waals surface area contributed by atoms with E-state index in [9.17, 15) is 9.59 Å². The summed E-state index contributed by atoms with van der Waals surface area (Å²) in [5, 5.41) is 0. The lowest BCUT2D eigenvalue weighted by atomic mass is 10.4. The second kappa shape index (κ2) is 4.51. The van der Waals surface area contributed by atoms with Crippen LogP contribution in [-0.2, 0) is 19.4 Å². The molecular weight excluding hydrogens is 138 g/mol. The van der Waals surface area contributed by atoms with E-state index < -0.39 is 5.97 Å². The van der Waals surface area contributed by atoms with Crippen LogP contribution in [0.15, 0.2) is 11.8 Å². The summed E-state index contributed by atoms with van der Waals surface area (Å²) in [6, 6.07) is 0. The van der Waals surface area contributed by atoms with E-state index in [2.05, 4.69) is 9.78 Å². The van der Waals surface area contributed by atoms with Gasteiger partial charge in [-0.05, 0) is 0 Å². The standard InChI is InChI=1S/C5H7NO4/c1-9-10-5(8)4(6)2-3-7/h2-3H,6H2,1H3/b4-2-. The third kappa shape index (κ3) is 2.83. The van der Waals surface area contributed by atoms with E-state index >= 15 is 0 Å². The SMILES string of the molecule is COOC(=O)/C(N)=C/C=O. The number of rotatable bonds is 3. The molecule has 0 aromatic heterocycles. The summed E-state index contributed by atoms with van der Waals surface area (Å²) in [5.74, 6) is -0.880. The first-order valence-corrected chi connectivity index (χ1v) is 2.38. The Morgan fingerprint density at radius 3 is 2.60 bits per heavy atom. The molecule has 0 aliphatic rings. The van der Waals surface area contributed by atoms with Crippen molar-refractivity contribution >= 4 is 12.3 Å². The predicted molar refractivity (Wildman–Crippen MR) is 31.4 cm³/mol. The van der Waals surface area contributed by atoms with Crippen LogP contribution in [0.1, 0.15) is 0 Å². The Morgan fingerprint density at radius 2 is 2.20 bits per heavy atom. The van der Waals surface area contributed by atoms with Gasteiger partial charge in [0.2, 0.25) is 0 Å². The van der Waals surface area contributed by atoms with Gasteiger partial charge < -0.3 is 5.73 Å². The first-order valence-electron chi connectivity index (χ1n) is 2.38. The maximum Gasteiger partial charge on any atom is 0.388 e. The van der Waals surface area contributed by atoms with Crippen LogP contribution >= 0.6 is 0 Å². The molecule has 0 aliphatic carbocycles. The average molecular weight is 145 g/mol. The van der Waals surface area contributed by atoms with Crippen LogP contribution in [0.3, 0.4) is 0 Å². The Hall–Kier alpha value is -1.36. The van der Waals surface area contributed by atoms with E-state index in [4.69, 9.17) is 5.73 Å². The monoisotopic (exact) mass is 145 g/mol. The first kappa shape index (κ1) is 8.64. The number of carbonyl (C=O) groups is 2. The minimum Gasteiger partial charge on any atom is -0.393 e. The molecular formula is C5H7NO4.